The van der Waals surface area contributed by atoms with Crippen LogP contribution in [0.3, 0.4) is 0 Å². The maximum absolute atomic E-state index is 12.9. The molecule has 1 aromatic carbocycles. The third kappa shape index (κ3) is 4.96. The summed E-state index contributed by atoms with van der Waals surface area (Å²) >= 11 is 0. The Morgan fingerprint density at radius 2 is 2.07 bits per heavy atom. The molecule has 0 bridgehead atoms. The molecule has 27 heavy (non-hydrogen) atoms. The van der Waals surface area contributed by atoms with Crippen LogP contribution in [-0.2, 0) is 19.9 Å². The predicted molar refractivity (Wildman–Crippen MR) is 103 cm³/mol. The summed E-state index contributed by atoms with van der Waals surface area (Å²) in [5.74, 6) is 0.261. The number of benzene rings is 1. The van der Waals surface area contributed by atoms with E-state index in [9.17, 15) is 21.6 Å². The number of Topliss-reactive ketones (excluding diaryl/α,β-unsaturated/α-hetero) is 1. The zero-order valence-electron chi connectivity index (χ0n) is 15.4. The number of sulfonamides is 1. The highest BCUT2D eigenvalue weighted by Crippen LogP contribution is 2.24. The molecule has 2 atom stereocenters. The lowest BCUT2D eigenvalue weighted by Gasteiger charge is -2.30. The monoisotopic (exact) mass is 414 g/mol. The van der Waals surface area contributed by atoms with E-state index in [1.165, 1.54) is 16.4 Å². The van der Waals surface area contributed by atoms with E-state index in [0.29, 0.717) is 31.0 Å². The van der Waals surface area contributed by atoms with Gasteiger partial charge in [-0.3, -0.25) is 4.79 Å². The predicted octanol–water partition coefficient (Wildman–Crippen LogP) is 1.07. The van der Waals surface area contributed by atoms with Crippen LogP contribution in [0.1, 0.15) is 36.5 Å². The molecule has 3 rings (SSSR count). The standard InChI is InChI=1S/C18H26N2O5S2/c1-14-4-3-8-20(12-14)27(24,25)17-6-2-5-15(10-17)18(21)11-19-16-7-9-26(22,23)13-16/h2,5-6,10,14,16,19H,3-4,7-9,11-13H2,1H3. The van der Waals surface area contributed by atoms with Crippen molar-refractivity contribution in [1.82, 2.24) is 9.62 Å². The topological polar surface area (TPSA) is 101 Å². The zero-order chi connectivity index (χ0) is 19.7. The number of rotatable bonds is 6. The number of piperidine rings is 1. The average Bonchev–Trinajstić information content (AvgIpc) is 2.98. The molecule has 2 heterocycles. The Morgan fingerprint density at radius 3 is 2.74 bits per heavy atom. The van der Waals surface area contributed by atoms with Crippen LogP contribution in [0.2, 0.25) is 0 Å². The van der Waals surface area contributed by atoms with Gasteiger partial charge < -0.3 is 5.32 Å². The molecule has 0 radical (unpaired) electrons. The minimum atomic E-state index is -3.62. The van der Waals surface area contributed by atoms with E-state index in [0.717, 1.165) is 12.8 Å². The average molecular weight is 415 g/mol. The largest absolute Gasteiger partial charge is 0.306 e. The summed E-state index contributed by atoms with van der Waals surface area (Å²) in [7, 11) is -6.63. The number of hydrogen-bond donors (Lipinski definition) is 1. The first kappa shape index (κ1) is 20.4. The molecule has 0 spiro atoms. The van der Waals surface area contributed by atoms with Crippen LogP contribution in [0, 0.1) is 5.92 Å². The lowest BCUT2D eigenvalue weighted by molar-refractivity contribution is 0.0988. The minimum Gasteiger partial charge on any atom is -0.306 e. The quantitative estimate of drug-likeness (QED) is 0.699. The lowest BCUT2D eigenvalue weighted by atomic mass is 10.0. The first-order valence-electron chi connectivity index (χ1n) is 9.24. The van der Waals surface area contributed by atoms with Gasteiger partial charge in [0.1, 0.15) is 0 Å². The normalized spacial score (nSPS) is 26.1. The molecule has 2 fully saturated rings. The van der Waals surface area contributed by atoms with Gasteiger partial charge in [-0.15, -0.1) is 0 Å². The van der Waals surface area contributed by atoms with Crippen molar-refractivity contribution in [2.45, 2.75) is 37.1 Å². The molecule has 7 nitrogen and oxygen atoms in total. The Morgan fingerprint density at radius 1 is 1.30 bits per heavy atom. The molecule has 150 valence electrons. The van der Waals surface area contributed by atoms with Gasteiger partial charge in [0.2, 0.25) is 10.0 Å². The van der Waals surface area contributed by atoms with Gasteiger partial charge in [-0.2, -0.15) is 4.31 Å². The number of ketones is 1. The Labute approximate surface area is 161 Å². The molecule has 0 amide bonds. The molecule has 0 aliphatic carbocycles. The van der Waals surface area contributed by atoms with Crippen LogP contribution in [0.4, 0.5) is 0 Å². The summed E-state index contributed by atoms with van der Waals surface area (Å²) in [5.41, 5.74) is 0.314. The fraction of sp³-hybridized carbons (Fsp3) is 0.611. The fourth-order valence-electron chi connectivity index (χ4n) is 3.64. The highest BCUT2D eigenvalue weighted by molar-refractivity contribution is 7.91. The second-order valence-corrected chi connectivity index (χ2v) is 11.7. The van der Waals surface area contributed by atoms with Crippen molar-refractivity contribution in [2.75, 3.05) is 31.1 Å². The summed E-state index contributed by atoms with van der Waals surface area (Å²) < 4.78 is 50.2. The van der Waals surface area contributed by atoms with Crippen LogP contribution in [0.25, 0.3) is 0 Å². The number of nitrogens with one attached hydrogen (secondary N) is 1. The number of carbonyl (C=O) groups excluding carboxylic acids is 1. The van der Waals surface area contributed by atoms with Gasteiger partial charge in [0.15, 0.2) is 15.6 Å². The highest BCUT2D eigenvalue weighted by Gasteiger charge is 2.30. The molecule has 1 N–H and O–H groups in total. The molecule has 2 aliphatic rings. The molecule has 2 aliphatic heterocycles. The molecule has 9 heteroatoms. The van der Waals surface area contributed by atoms with Gasteiger partial charge >= 0.3 is 0 Å². The number of sulfone groups is 1. The van der Waals surface area contributed by atoms with E-state index in [1.807, 2.05) is 6.92 Å². The third-order valence-electron chi connectivity index (χ3n) is 5.20. The first-order valence-corrected chi connectivity index (χ1v) is 12.5. The fourth-order valence-corrected chi connectivity index (χ4v) is 6.99. The lowest BCUT2D eigenvalue weighted by Crippen LogP contribution is -2.39. The van der Waals surface area contributed by atoms with Gasteiger partial charge in [-0.05, 0) is 37.3 Å². The van der Waals surface area contributed by atoms with Crippen molar-refractivity contribution in [3.8, 4) is 0 Å². The second-order valence-electron chi connectivity index (χ2n) is 7.54. The van der Waals surface area contributed by atoms with Crippen LogP contribution >= 0.6 is 0 Å². The van der Waals surface area contributed by atoms with Crippen molar-refractivity contribution >= 4 is 25.6 Å². The Hall–Kier alpha value is -1.29. The molecule has 2 unspecified atom stereocenters. The highest BCUT2D eigenvalue weighted by atomic mass is 32.2. The van der Waals surface area contributed by atoms with Crippen molar-refractivity contribution in [3.05, 3.63) is 29.8 Å². The van der Waals surface area contributed by atoms with Crippen molar-refractivity contribution < 1.29 is 21.6 Å². The van der Waals surface area contributed by atoms with E-state index >= 15 is 0 Å². The smallest absolute Gasteiger partial charge is 0.243 e. The van der Waals surface area contributed by atoms with Crippen LogP contribution in [-0.4, -0.2) is 64.1 Å². The zero-order valence-corrected chi connectivity index (χ0v) is 17.1. The van der Waals surface area contributed by atoms with E-state index in [4.69, 9.17) is 0 Å². The van der Waals surface area contributed by atoms with Gasteiger partial charge in [-0.25, -0.2) is 16.8 Å². The van der Waals surface area contributed by atoms with E-state index in [1.54, 1.807) is 12.1 Å². The summed E-state index contributed by atoms with van der Waals surface area (Å²) in [6.45, 7) is 3.03. The van der Waals surface area contributed by atoms with Gasteiger partial charge in [0.05, 0.1) is 22.9 Å². The molecule has 2 saturated heterocycles. The summed E-state index contributed by atoms with van der Waals surface area (Å²) in [5, 5.41) is 2.97. The van der Waals surface area contributed by atoms with Gasteiger partial charge in [0.25, 0.3) is 0 Å². The van der Waals surface area contributed by atoms with E-state index in [-0.39, 0.29) is 34.8 Å². The van der Waals surface area contributed by atoms with Gasteiger partial charge in [-0.1, -0.05) is 19.1 Å². The Balaban J connectivity index is 1.68. The van der Waals surface area contributed by atoms with E-state index < -0.39 is 19.9 Å². The maximum atomic E-state index is 12.9. The SMILES string of the molecule is CC1CCCN(S(=O)(=O)c2cccc(C(=O)CNC3CCS(=O)(=O)C3)c2)C1. The van der Waals surface area contributed by atoms with E-state index in [2.05, 4.69) is 5.32 Å². The third-order valence-corrected chi connectivity index (χ3v) is 8.83. The summed E-state index contributed by atoms with van der Waals surface area (Å²) in [6, 6.07) is 5.88. The molecule has 0 saturated carbocycles. The molecular weight excluding hydrogens is 388 g/mol. The second kappa shape index (κ2) is 7.98. The summed E-state index contributed by atoms with van der Waals surface area (Å²) in [6.07, 6.45) is 2.36. The Kier molecular flexibility index (Phi) is 6.05. The van der Waals surface area contributed by atoms with Crippen LogP contribution < -0.4 is 5.32 Å². The van der Waals surface area contributed by atoms with Crippen LogP contribution in [0.15, 0.2) is 29.2 Å². The molecule has 0 aromatic heterocycles. The van der Waals surface area contributed by atoms with Crippen molar-refractivity contribution in [1.29, 1.82) is 0 Å². The Bertz CT molecular complexity index is 911. The molecular formula is C18H26N2O5S2. The minimum absolute atomic E-state index is 0.00949. The van der Waals surface area contributed by atoms with Gasteiger partial charge in [0, 0.05) is 24.7 Å². The summed E-state index contributed by atoms with van der Waals surface area (Å²) in [4.78, 5) is 12.6. The first-order chi connectivity index (χ1) is 12.7. The van der Waals surface area contributed by atoms with Crippen molar-refractivity contribution in [3.63, 3.8) is 0 Å². The van der Waals surface area contributed by atoms with Crippen molar-refractivity contribution in [2.24, 2.45) is 5.92 Å². The maximum Gasteiger partial charge on any atom is 0.243 e. The number of nitrogens with zero attached hydrogens (tertiary/aromatic N) is 1. The number of hydrogen-bond acceptors (Lipinski definition) is 6. The van der Waals surface area contributed by atoms with Crippen LogP contribution in [0.5, 0.6) is 0 Å². The molecule has 1 aromatic rings. The number of carbonyl (C=O) groups is 1.